The maximum absolute atomic E-state index is 5.44. The molecule has 2 aromatic heterocycles. The highest BCUT2D eigenvalue weighted by molar-refractivity contribution is 7.17. The van der Waals surface area contributed by atoms with Gasteiger partial charge in [-0.25, -0.2) is 4.98 Å². The normalized spacial score (nSPS) is 15.2. The van der Waals surface area contributed by atoms with Crippen LogP contribution in [-0.2, 0) is 4.74 Å². The topological polar surface area (TPSA) is 50.3 Å². The predicted octanol–water partition coefficient (Wildman–Crippen LogP) is 3.27. The lowest BCUT2D eigenvalue weighted by molar-refractivity contribution is 0.122. The van der Waals surface area contributed by atoms with E-state index in [4.69, 9.17) is 9.72 Å². The van der Waals surface area contributed by atoms with Gasteiger partial charge in [-0.05, 0) is 23.6 Å². The summed E-state index contributed by atoms with van der Waals surface area (Å²) >= 11 is 1.69. The first kappa shape index (κ1) is 13.5. The summed E-state index contributed by atoms with van der Waals surface area (Å²) in [5.41, 5.74) is 1.98. The number of hydrogen-bond donors (Lipinski definition) is 1. The van der Waals surface area contributed by atoms with Crippen LogP contribution >= 0.6 is 11.3 Å². The molecule has 112 valence electrons. The molecule has 0 atom stereocenters. The molecule has 3 aromatic rings. The van der Waals surface area contributed by atoms with Gasteiger partial charge in [-0.2, -0.15) is 4.98 Å². The van der Waals surface area contributed by atoms with Crippen molar-refractivity contribution >= 4 is 39.0 Å². The number of rotatable bonds is 3. The van der Waals surface area contributed by atoms with Crippen LogP contribution in [0.25, 0.3) is 10.2 Å². The van der Waals surface area contributed by atoms with Gasteiger partial charge in [0, 0.05) is 18.8 Å². The summed E-state index contributed by atoms with van der Waals surface area (Å²) in [6, 6.07) is 12.0. The third-order valence-corrected chi connectivity index (χ3v) is 4.53. The number of morpholine rings is 1. The van der Waals surface area contributed by atoms with Crippen LogP contribution in [0.3, 0.4) is 0 Å². The van der Waals surface area contributed by atoms with E-state index >= 15 is 0 Å². The summed E-state index contributed by atoms with van der Waals surface area (Å²) in [5.74, 6) is 1.64. The average Bonchev–Trinajstić information content (AvgIpc) is 3.04. The number of nitrogens with zero attached hydrogens (tertiary/aromatic N) is 3. The van der Waals surface area contributed by atoms with Gasteiger partial charge >= 0.3 is 0 Å². The number of fused-ring (bicyclic) bond motifs is 1. The van der Waals surface area contributed by atoms with Crippen molar-refractivity contribution in [1.82, 2.24) is 9.97 Å². The molecule has 0 radical (unpaired) electrons. The zero-order chi connectivity index (χ0) is 14.8. The summed E-state index contributed by atoms with van der Waals surface area (Å²) in [5, 5.41) is 5.35. The van der Waals surface area contributed by atoms with E-state index in [9.17, 15) is 0 Å². The van der Waals surface area contributed by atoms with Crippen molar-refractivity contribution in [2.24, 2.45) is 0 Å². The van der Waals surface area contributed by atoms with Crippen LogP contribution in [0.2, 0.25) is 0 Å². The fourth-order valence-electron chi connectivity index (χ4n) is 2.54. The van der Waals surface area contributed by atoms with Crippen molar-refractivity contribution in [3.8, 4) is 0 Å². The van der Waals surface area contributed by atoms with Crippen molar-refractivity contribution in [1.29, 1.82) is 0 Å². The van der Waals surface area contributed by atoms with E-state index in [1.54, 1.807) is 11.3 Å². The SMILES string of the molecule is c1ccc(Nc2nc(N3CCOCC3)c3sccc3n2)cc1. The number of hydrogen-bond acceptors (Lipinski definition) is 6. The van der Waals surface area contributed by atoms with E-state index in [-0.39, 0.29) is 0 Å². The molecule has 1 aliphatic rings. The molecule has 0 unspecified atom stereocenters. The van der Waals surface area contributed by atoms with Crippen molar-refractivity contribution in [2.75, 3.05) is 36.5 Å². The van der Waals surface area contributed by atoms with Crippen LogP contribution in [0.4, 0.5) is 17.5 Å². The fourth-order valence-corrected chi connectivity index (χ4v) is 3.39. The molecule has 0 amide bonds. The fraction of sp³-hybridized carbons (Fsp3) is 0.250. The number of thiophene rings is 1. The van der Waals surface area contributed by atoms with Crippen molar-refractivity contribution < 1.29 is 4.74 Å². The largest absolute Gasteiger partial charge is 0.378 e. The number of anilines is 3. The summed E-state index contributed by atoms with van der Waals surface area (Å²) < 4.78 is 6.58. The lowest BCUT2D eigenvalue weighted by Crippen LogP contribution is -2.36. The van der Waals surface area contributed by atoms with E-state index in [1.807, 2.05) is 36.4 Å². The Morgan fingerprint density at radius 1 is 1.05 bits per heavy atom. The second kappa shape index (κ2) is 5.90. The lowest BCUT2D eigenvalue weighted by Gasteiger charge is -2.28. The Balaban J connectivity index is 1.73. The number of benzene rings is 1. The minimum absolute atomic E-state index is 0.638. The van der Waals surface area contributed by atoms with E-state index < -0.39 is 0 Å². The van der Waals surface area contributed by atoms with Crippen molar-refractivity contribution in [2.45, 2.75) is 0 Å². The molecular weight excluding hydrogens is 296 g/mol. The molecule has 0 spiro atoms. The third-order valence-electron chi connectivity index (χ3n) is 3.63. The van der Waals surface area contributed by atoms with Gasteiger partial charge in [0.25, 0.3) is 0 Å². The predicted molar refractivity (Wildman–Crippen MR) is 90.2 cm³/mol. The van der Waals surface area contributed by atoms with Crippen molar-refractivity contribution in [3.05, 3.63) is 41.8 Å². The molecule has 5 nitrogen and oxygen atoms in total. The maximum Gasteiger partial charge on any atom is 0.229 e. The minimum atomic E-state index is 0.638. The van der Waals surface area contributed by atoms with Gasteiger partial charge in [-0.1, -0.05) is 18.2 Å². The molecule has 1 aliphatic heterocycles. The molecule has 0 saturated carbocycles. The highest BCUT2D eigenvalue weighted by Gasteiger charge is 2.18. The zero-order valence-electron chi connectivity index (χ0n) is 12.0. The summed E-state index contributed by atoms with van der Waals surface area (Å²) in [4.78, 5) is 11.6. The highest BCUT2D eigenvalue weighted by atomic mass is 32.1. The van der Waals surface area contributed by atoms with E-state index in [1.165, 1.54) is 0 Å². The molecule has 22 heavy (non-hydrogen) atoms. The van der Waals surface area contributed by atoms with Crippen LogP contribution in [-0.4, -0.2) is 36.3 Å². The summed E-state index contributed by atoms with van der Waals surface area (Å²) in [6.07, 6.45) is 0. The minimum Gasteiger partial charge on any atom is -0.378 e. The number of ether oxygens (including phenoxy) is 1. The monoisotopic (exact) mass is 312 g/mol. The molecule has 4 rings (SSSR count). The molecular formula is C16H16N4OS. The highest BCUT2D eigenvalue weighted by Crippen LogP contribution is 2.31. The Kier molecular flexibility index (Phi) is 3.62. The van der Waals surface area contributed by atoms with Crippen molar-refractivity contribution in [3.63, 3.8) is 0 Å². The first-order valence-electron chi connectivity index (χ1n) is 7.30. The van der Waals surface area contributed by atoms with Gasteiger partial charge in [-0.15, -0.1) is 11.3 Å². The molecule has 1 saturated heterocycles. The molecule has 6 heteroatoms. The van der Waals surface area contributed by atoms with Crippen LogP contribution in [0.5, 0.6) is 0 Å². The molecule has 0 bridgehead atoms. The molecule has 3 heterocycles. The quantitative estimate of drug-likeness (QED) is 0.804. The van der Waals surface area contributed by atoms with Gasteiger partial charge in [0.15, 0.2) is 5.82 Å². The number of aromatic nitrogens is 2. The Bertz CT molecular complexity index is 768. The van der Waals surface area contributed by atoms with Gasteiger partial charge in [-0.3, -0.25) is 0 Å². The summed E-state index contributed by atoms with van der Waals surface area (Å²) in [6.45, 7) is 3.24. The maximum atomic E-state index is 5.44. The molecule has 1 N–H and O–H groups in total. The Morgan fingerprint density at radius 3 is 2.68 bits per heavy atom. The smallest absolute Gasteiger partial charge is 0.229 e. The Hall–Kier alpha value is -2.18. The van der Waals surface area contributed by atoms with Crippen LogP contribution in [0.15, 0.2) is 41.8 Å². The molecule has 0 aliphatic carbocycles. The first-order valence-corrected chi connectivity index (χ1v) is 8.18. The number of para-hydroxylation sites is 1. The average molecular weight is 312 g/mol. The first-order chi connectivity index (χ1) is 10.9. The molecule has 1 fully saturated rings. The Labute approximate surface area is 132 Å². The van der Waals surface area contributed by atoms with Gasteiger partial charge < -0.3 is 15.0 Å². The summed E-state index contributed by atoms with van der Waals surface area (Å²) in [7, 11) is 0. The number of nitrogens with one attached hydrogen (secondary N) is 1. The van der Waals surface area contributed by atoms with E-state index in [2.05, 4.69) is 20.6 Å². The van der Waals surface area contributed by atoms with Crippen LogP contribution in [0.1, 0.15) is 0 Å². The van der Waals surface area contributed by atoms with Crippen LogP contribution in [0, 0.1) is 0 Å². The standard InChI is InChI=1S/C16H16N4OS/c1-2-4-12(5-3-1)17-16-18-13-6-11-22-14(13)15(19-16)20-7-9-21-10-8-20/h1-6,11H,7-10H2,(H,17,18,19). The van der Waals surface area contributed by atoms with E-state index in [0.717, 1.165) is 48.0 Å². The van der Waals surface area contributed by atoms with Gasteiger partial charge in [0.2, 0.25) is 5.95 Å². The van der Waals surface area contributed by atoms with Gasteiger partial charge in [0.1, 0.15) is 0 Å². The third kappa shape index (κ3) is 2.63. The second-order valence-corrected chi connectivity index (χ2v) is 6.01. The van der Waals surface area contributed by atoms with Crippen LogP contribution < -0.4 is 10.2 Å². The van der Waals surface area contributed by atoms with Gasteiger partial charge in [0.05, 0.1) is 23.4 Å². The molecule has 1 aromatic carbocycles. The second-order valence-electron chi connectivity index (χ2n) is 5.10. The lowest BCUT2D eigenvalue weighted by atomic mass is 10.3. The Morgan fingerprint density at radius 2 is 1.86 bits per heavy atom. The van der Waals surface area contributed by atoms with E-state index in [0.29, 0.717) is 5.95 Å². The zero-order valence-corrected chi connectivity index (χ0v) is 12.8.